The minimum Gasteiger partial charge on any atom is -0.350 e. The molecule has 28 heavy (non-hydrogen) atoms. The average molecular weight is 387 g/mol. The van der Waals surface area contributed by atoms with Gasteiger partial charge in [-0.2, -0.15) is 0 Å². The average Bonchev–Trinajstić information content (AvgIpc) is 3.35. The molecule has 0 unspecified atom stereocenters. The molecule has 0 spiro atoms. The number of ether oxygens (including phenoxy) is 2. The van der Waals surface area contributed by atoms with E-state index in [1.54, 1.807) is 4.57 Å². The number of piperidine rings is 1. The third-order valence-corrected chi connectivity index (χ3v) is 5.85. The Kier molecular flexibility index (Phi) is 5.82. The molecule has 2 aliphatic heterocycles. The van der Waals surface area contributed by atoms with E-state index in [1.165, 1.54) is 0 Å². The zero-order chi connectivity index (χ0) is 19.5. The van der Waals surface area contributed by atoms with E-state index in [2.05, 4.69) is 6.92 Å². The fourth-order valence-electron chi connectivity index (χ4n) is 4.36. The first kappa shape index (κ1) is 19.2. The number of para-hydroxylation sites is 2. The van der Waals surface area contributed by atoms with Gasteiger partial charge in [0.05, 0.1) is 24.2 Å². The Labute approximate surface area is 164 Å². The molecule has 7 nitrogen and oxygen atoms in total. The molecule has 152 valence electrons. The highest BCUT2D eigenvalue weighted by Crippen LogP contribution is 2.26. The zero-order valence-electron chi connectivity index (χ0n) is 16.5. The van der Waals surface area contributed by atoms with Crippen LogP contribution in [0.2, 0.25) is 0 Å². The van der Waals surface area contributed by atoms with Crippen LogP contribution >= 0.6 is 0 Å². The Morgan fingerprint density at radius 1 is 1.04 bits per heavy atom. The monoisotopic (exact) mass is 387 g/mol. The van der Waals surface area contributed by atoms with E-state index >= 15 is 0 Å². The van der Waals surface area contributed by atoms with Gasteiger partial charge >= 0.3 is 5.69 Å². The molecule has 0 saturated carbocycles. The summed E-state index contributed by atoms with van der Waals surface area (Å²) in [6.45, 7) is 5.99. The van der Waals surface area contributed by atoms with Gasteiger partial charge in [0.25, 0.3) is 0 Å². The van der Waals surface area contributed by atoms with Gasteiger partial charge in [-0.05, 0) is 31.4 Å². The number of imidazole rings is 1. The Bertz CT molecular complexity index is 873. The summed E-state index contributed by atoms with van der Waals surface area (Å²) in [5.41, 5.74) is 1.83. The SMILES string of the molecule is CCCn1c(=O)n(CCC(=O)N2CCC(C3OCCO3)CC2)c2ccccc21. The standard InChI is InChI=1S/C21H29N3O4/c1-2-10-23-17-5-3-4-6-18(17)24(21(23)26)13-9-19(25)22-11-7-16(8-12-22)20-27-14-15-28-20/h3-6,16,20H,2,7-15H2,1H3. The van der Waals surface area contributed by atoms with Crippen LogP contribution in [-0.4, -0.2) is 52.5 Å². The molecule has 0 atom stereocenters. The lowest BCUT2D eigenvalue weighted by Crippen LogP contribution is -2.42. The van der Waals surface area contributed by atoms with Crippen LogP contribution in [0.25, 0.3) is 11.0 Å². The summed E-state index contributed by atoms with van der Waals surface area (Å²) in [5.74, 6) is 0.493. The highest BCUT2D eigenvalue weighted by Gasteiger charge is 2.31. The molecule has 7 heteroatoms. The number of rotatable bonds is 6. The number of hydrogen-bond acceptors (Lipinski definition) is 4. The molecule has 0 radical (unpaired) electrons. The minimum absolute atomic E-state index is 0.0231. The van der Waals surface area contributed by atoms with Crippen molar-refractivity contribution in [2.75, 3.05) is 26.3 Å². The summed E-state index contributed by atoms with van der Waals surface area (Å²) in [5, 5.41) is 0. The van der Waals surface area contributed by atoms with Crippen molar-refractivity contribution in [2.24, 2.45) is 5.92 Å². The van der Waals surface area contributed by atoms with E-state index in [9.17, 15) is 9.59 Å². The molecular weight excluding hydrogens is 358 g/mol. The lowest BCUT2D eigenvalue weighted by molar-refractivity contribution is -0.137. The number of aromatic nitrogens is 2. The second-order valence-corrected chi connectivity index (χ2v) is 7.65. The van der Waals surface area contributed by atoms with Gasteiger partial charge in [-0.3, -0.25) is 13.9 Å². The molecular formula is C21H29N3O4. The molecule has 1 amide bonds. The molecule has 2 aromatic rings. The predicted molar refractivity (Wildman–Crippen MR) is 106 cm³/mol. The summed E-state index contributed by atoms with van der Waals surface area (Å²) < 4.78 is 14.8. The number of likely N-dealkylation sites (tertiary alicyclic amines) is 1. The van der Waals surface area contributed by atoms with Gasteiger partial charge in [-0.15, -0.1) is 0 Å². The van der Waals surface area contributed by atoms with Gasteiger partial charge in [-0.25, -0.2) is 4.79 Å². The van der Waals surface area contributed by atoms with E-state index in [1.807, 2.05) is 33.7 Å². The fourth-order valence-corrected chi connectivity index (χ4v) is 4.36. The van der Waals surface area contributed by atoms with Gasteiger partial charge in [0.1, 0.15) is 0 Å². The van der Waals surface area contributed by atoms with E-state index in [0.717, 1.165) is 43.4 Å². The smallest absolute Gasteiger partial charge is 0.329 e. The summed E-state index contributed by atoms with van der Waals surface area (Å²) >= 11 is 0. The normalized spacial score (nSPS) is 19.0. The third-order valence-electron chi connectivity index (χ3n) is 5.85. The van der Waals surface area contributed by atoms with Crippen LogP contribution in [0.4, 0.5) is 0 Å². The van der Waals surface area contributed by atoms with Gasteiger partial charge in [0.15, 0.2) is 6.29 Å². The van der Waals surface area contributed by atoms with E-state index in [0.29, 0.717) is 38.6 Å². The second kappa shape index (κ2) is 8.49. The van der Waals surface area contributed by atoms with Crippen LogP contribution in [-0.2, 0) is 27.4 Å². The van der Waals surface area contributed by atoms with E-state index in [4.69, 9.17) is 9.47 Å². The highest BCUT2D eigenvalue weighted by molar-refractivity contribution is 5.78. The molecule has 4 rings (SSSR count). The summed E-state index contributed by atoms with van der Waals surface area (Å²) in [7, 11) is 0. The molecule has 1 aromatic carbocycles. The molecule has 2 aliphatic rings. The van der Waals surface area contributed by atoms with Crippen LogP contribution in [0.15, 0.2) is 29.1 Å². The first-order valence-corrected chi connectivity index (χ1v) is 10.4. The first-order valence-electron chi connectivity index (χ1n) is 10.4. The predicted octanol–water partition coefficient (Wildman–Crippen LogP) is 2.21. The van der Waals surface area contributed by atoms with E-state index in [-0.39, 0.29) is 17.9 Å². The lowest BCUT2D eigenvalue weighted by atomic mass is 9.96. The maximum absolute atomic E-state index is 12.8. The quantitative estimate of drug-likeness (QED) is 0.762. The van der Waals surface area contributed by atoms with E-state index < -0.39 is 0 Å². The van der Waals surface area contributed by atoms with Crippen LogP contribution in [0.1, 0.15) is 32.6 Å². The van der Waals surface area contributed by atoms with Crippen LogP contribution < -0.4 is 5.69 Å². The number of carbonyl (C=O) groups excluding carboxylic acids is 1. The fraction of sp³-hybridized carbons (Fsp3) is 0.619. The minimum atomic E-state index is -0.0967. The molecule has 0 aliphatic carbocycles. The van der Waals surface area contributed by atoms with Crippen LogP contribution in [0.5, 0.6) is 0 Å². The summed E-state index contributed by atoms with van der Waals surface area (Å²) in [6, 6.07) is 7.82. The maximum atomic E-state index is 12.8. The van der Waals surface area contributed by atoms with Crippen molar-refractivity contribution < 1.29 is 14.3 Å². The van der Waals surface area contributed by atoms with Gasteiger partial charge in [-0.1, -0.05) is 19.1 Å². The van der Waals surface area contributed by atoms with Crippen molar-refractivity contribution in [3.63, 3.8) is 0 Å². The first-order chi connectivity index (χ1) is 13.7. The van der Waals surface area contributed by atoms with Gasteiger partial charge in [0.2, 0.25) is 5.91 Å². The van der Waals surface area contributed by atoms with Crippen molar-refractivity contribution in [1.29, 1.82) is 0 Å². The summed E-state index contributed by atoms with van der Waals surface area (Å²) in [6.07, 6.45) is 2.97. The number of hydrogen-bond donors (Lipinski definition) is 0. The summed E-state index contributed by atoms with van der Waals surface area (Å²) in [4.78, 5) is 27.5. The molecule has 0 bridgehead atoms. The number of carbonyl (C=O) groups is 1. The molecule has 2 fully saturated rings. The van der Waals surface area contributed by atoms with Crippen molar-refractivity contribution in [3.05, 3.63) is 34.7 Å². The molecule has 1 aromatic heterocycles. The topological polar surface area (TPSA) is 65.7 Å². The number of amides is 1. The van der Waals surface area contributed by atoms with Crippen molar-refractivity contribution >= 4 is 16.9 Å². The Morgan fingerprint density at radius 2 is 1.64 bits per heavy atom. The molecule has 2 saturated heterocycles. The Morgan fingerprint density at radius 3 is 2.25 bits per heavy atom. The molecule has 0 N–H and O–H groups in total. The van der Waals surface area contributed by atoms with Gasteiger partial charge in [0, 0.05) is 38.5 Å². The lowest BCUT2D eigenvalue weighted by Gasteiger charge is -2.34. The van der Waals surface area contributed by atoms with Crippen molar-refractivity contribution in [1.82, 2.24) is 14.0 Å². The van der Waals surface area contributed by atoms with Crippen LogP contribution in [0, 0.1) is 5.92 Å². The highest BCUT2D eigenvalue weighted by atomic mass is 16.7. The van der Waals surface area contributed by atoms with Crippen molar-refractivity contribution in [2.45, 2.75) is 52.0 Å². The zero-order valence-corrected chi connectivity index (χ0v) is 16.5. The Balaban J connectivity index is 1.39. The van der Waals surface area contributed by atoms with Gasteiger partial charge < -0.3 is 14.4 Å². The largest absolute Gasteiger partial charge is 0.350 e. The van der Waals surface area contributed by atoms with Crippen molar-refractivity contribution in [3.8, 4) is 0 Å². The number of fused-ring (bicyclic) bond motifs is 1. The number of nitrogens with zero attached hydrogens (tertiary/aromatic N) is 3. The maximum Gasteiger partial charge on any atom is 0.329 e. The molecule has 3 heterocycles. The third kappa shape index (κ3) is 3.73. The van der Waals surface area contributed by atoms with Crippen LogP contribution in [0.3, 0.4) is 0 Å². The number of aryl methyl sites for hydroxylation is 2. The second-order valence-electron chi connectivity index (χ2n) is 7.65. The number of benzene rings is 1. The Hall–Kier alpha value is -2.12.